The Bertz CT molecular complexity index is 368. The number of nitrogens with zero attached hydrogens (tertiary/aromatic N) is 3. The minimum Gasteiger partial charge on any atom is -0.396 e. The number of aliphatic hydroxyl groups is 1. The summed E-state index contributed by atoms with van der Waals surface area (Å²) in [6.07, 6.45) is 4.17. The fourth-order valence-corrected chi connectivity index (χ4v) is 1.81. The molecule has 2 rings (SSSR count). The third kappa shape index (κ3) is 1.76. The molecule has 0 aliphatic carbocycles. The van der Waals surface area contributed by atoms with Crippen molar-refractivity contribution >= 4 is 11.3 Å². The molecule has 0 radical (unpaired) electrons. The first-order valence-electron chi connectivity index (χ1n) is 3.95. The fourth-order valence-electron chi connectivity index (χ4n) is 1.01. The van der Waals surface area contributed by atoms with Crippen LogP contribution in [0.15, 0.2) is 23.8 Å². The Balaban J connectivity index is 2.23. The molecular weight excluding hydrogens is 186 g/mol. The van der Waals surface area contributed by atoms with Gasteiger partial charge in [-0.1, -0.05) is 0 Å². The van der Waals surface area contributed by atoms with Gasteiger partial charge in [0.1, 0.15) is 0 Å². The van der Waals surface area contributed by atoms with Crippen LogP contribution in [0.5, 0.6) is 0 Å². The molecule has 0 amide bonds. The van der Waals surface area contributed by atoms with Gasteiger partial charge in [-0.15, -0.1) is 11.3 Å². The summed E-state index contributed by atoms with van der Waals surface area (Å²) in [5.41, 5.74) is 0.915. The summed E-state index contributed by atoms with van der Waals surface area (Å²) in [6.45, 7) is 0.141. The molecule has 0 bridgehead atoms. The standard InChI is InChI=1S/C8H9N3OS/c12-5-2-7-6-13-8(10-7)11-4-1-3-9-11/h1,3-4,6,12H,2,5H2. The van der Waals surface area contributed by atoms with Crippen molar-refractivity contribution in [2.45, 2.75) is 6.42 Å². The van der Waals surface area contributed by atoms with Gasteiger partial charge >= 0.3 is 0 Å². The quantitative estimate of drug-likeness (QED) is 0.790. The van der Waals surface area contributed by atoms with Crippen molar-refractivity contribution in [2.75, 3.05) is 6.61 Å². The molecule has 2 heterocycles. The summed E-state index contributed by atoms with van der Waals surface area (Å²) in [5.74, 6) is 0. The summed E-state index contributed by atoms with van der Waals surface area (Å²) >= 11 is 1.53. The molecule has 0 aliphatic heterocycles. The normalized spacial score (nSPS) is 10.5. The maximum Gasteiger partial charge on any atom is 0.210 e. The van der Waals surface area contributed by atoms with E-state index in [0.717, 1.165) is 10.8 Å². The average Bonchev–Trinajstić information content (AvgIpc) is 2.70. The largest absolute Gasteiger partial charge is 0.396 e. The highest BCUT2D eigenvalue weighted by Gasteiger charge is 2.02. The summed E-state index contributed by atoms with van der Waals surface area (Å²) in [4.78, 5) is 4.30. The van der Waals surface area contributed by atoms with Gasteiger partial charge in [-0.05, 0) is 6.07 Å². The van der Waals surface area contributed by atoms with Gasteiger partial charge in [0.25, 0.3) is 0 Å². The maximum absolute atomic E-state index is 8.70. The predicted octanol–water partition coefficient (Wildman–Crippen LogP) is 0.864. The Kier molecular flexibility index (Phi) is 2.37. The molecule has 68 valence electrons. The molecule has 0 aliphatic rings. The second-order valence-electron chi connectivity index (χ2n) is 2.55. The second-order valence-corrected chi connectivity index (χ2v) is 3.38. The van der Waals surface area contributed by atoms with Crippen LogP contribution in [0.3, 0.4) is 0 Å². The highest BCUT2D eigenvalue weighted by Crippen LogP contribution is 2.13. The van der Waals surface area contributed by atoms with E-state index in [4.69, 9.17) is 5.11 Å². The van der Waals surface area contributed by atoms with E-state index in [1.807, 2.05) is 17.6 Å². The monoisotopic (exact) mass is 195 g/mol. The van der Waals surface area contributed by atoms with Crippen molar-refractivity contribution in [3.05, 3.63) is 29.5 Å². The maximum atomic E-state index is 8.70. The second kappa shape index (κ2) is 3.68. The molecule has 0 atom stereocenters. The molecule has 4 nitrogen and oxygen atoms in total. The number of aromatic nitrogens is 3. The van der Waals surface area contributed by atoms with Gasteiger partial charge in [-0.3, -0.25) is 0 Å². The van der Waals surface area contributed by atoms with E-state index in [-0.39, 0.29) is 6.61 Å². The highest BCUT2D eigenvalue weighted by atomic mass is 32.1. The average molecular weight is 195 g/mol. The fraction of sp³-hybridized carbons (Fsp3) is 0.250. The van der Waals surface area contributed by atoms with Gasteiger partial charge in [0.05, 0.1) is 5.69 Å². The van der Waals surface area contributed by atoms with E-state index in [2.05, 4.69) is 10.1 Å². The van der Waals surface area contributed by atoms with Gasteiger partial charge in [-0.25, -0.2) is 9.67 Å². The zero-order valence-electron chi connectivity index (χ0n) is 6.92. The Hall–Kier alpha value is -1.20. The van der Waals surface area contributed by atoms with E-state index in [1.165, 1.54) is 11.3 Å². The van der Waals surface area contributed by atoms with E-state index < -0.39 is 0 Å². The lowest BCUT2D eigenvalue weighted by Crippen LogP contribution is -1.95. The van der Waals surface area contributed by atoms with Crippen LogP contribution in [0.2, 0.25) is 0 Å². The van der Waals surface area contributed by atoms with E-state index in [1.54, 1.807) is 10.9 Å². The molecule has 0 unspecified atom stereocenters. The van der Waals surface area contributed by atoms with Gasteiger partial charge in [0.15, 0.2) is 0 Å². The Morgan fingerprint density at radius 1 is 1.54 bits per heavy atom. The molecule has 0 aromatic carbocycles. The Morgan fingerprint density at radius 3 is 3.15 bits per heavy atom. The van der Waals surface area contributed by atoms with Crippen molar-refractivity contribution < 1.29 is 5.11 Å². The molecule has 2 aromatic heterocycles. The molecule has 0 saturated carbocycles. The van der Waals surface area contributed by atoms with Crippen LogP contribution in [0.25, 0.3) is 5.13 Å². The third-order valence-corrected chi connectivity index (χ3v) is 2.49. The first-order chi connectivity index (χ1) is 6.40. The first kappa shape index (κ1) is 8.40. The van der Waals surface area contributed by atoms with Crippen LogP contribution in [0.4, 0.5) is 0 Å². The minimum absolute atomic E-state index is 0.141. The van der Waals surface area contributed by atoms with Crippen LogP contribution >= 0.6 is 11.3 Å². The zero-order chi connectivity index (χ0) is 9.10. The lowest BCUT2D eigenvalue weighted by molar-refractivity contribution is 0.298. The van der Waals surface area contributed by atoms with Crippen molar-refractivity contribution in [3.8, 4) is 5.13 Å². The lowest BCUT2D eigenvalue weighted by Gasteiger charge is -1.92. The van der Waals surface area contributed by atoms with Crippen molar-refractivity contribution in [1.82, 2.24) is 14.8 Å². The molecule has 0 fully saturated rings. The van der Waals surface area contributed by atoms with E-state index in [0.29, 0.717) is 6.42 Å². The smallest absolute Gasteiger partial charge is 0.210 e. The van der Waals surface area contributed by atoms with Gasteiger partial charge in [0.2, 0.25) is 5.13 Å². The van der Waals surface area contributed by atoms with Gasteiger partial charge < -0.3 is 5.11 Å². The van der Waals surface area contributed by atoms with Crippen molar-refractivity contribution in [2.24, 2.45) is 0 Å². The van der Waals surface area contributed by atoms with Crippen molar-refractivity contribution in [3.63, 3.8) is 0 Å². The molecule has 5 heteroatoms. The van der Waals surface area contributed by atoms with Crippen LogP contribution in [0, 0.1) is 0 Å². The number of aliphatic hydroxyl groups excluding tert-OH is 1. The molecule has 0 spiro atoms. The molecule has 2 aromatic rings. The topological polar surface area (TPSA) is 50.9 Å². The van der Waals surface area contributed by atoms with Crippen LogP contribution in [-0.2, 0) is 6.42 Å². The third-order valence-electron chi connectivity index (χ3n) is 1.61. The van der Waals surface area contributed by atoms with Gasteiger partial charge in [0, 0.05) is 30.8 Å². The van der Waals surface area contributed by atoms with Crippen LogP contribution in [-0.4, -0.2) is 26.5 Å². The summed E-state index contributed by atoms with van der Waals surface area (Å²) in [5, 5.41) is 15.5. The predicted molar refractivity (Wildman–Crippen MR) is 50.0 cm³/mol. The Morgan fingerprint density at radius 2 is 2.46 bits per heavy atom. The zero-order valence-corrected chi connectivity index (χ0v) is 7.74. The number of thiazole rings is 1. The van der Waals surface area contributed by atoms with E-state index in [9.17, 15) is 0 Å². The van der Waals surface area contributed by atoms with Crippen LogP contribution < -0.4 is 0 Å². The molecule has 0 saturated heterocycles. The van der Waals surface area contributed by atoms with Crippen molar-refractivity contribution in [1.29, 1.82) is 0 Å². The highest BCUT2D eigenvalue weighted by molar-refractivity contribution is 7.12. The minimum atomic E-state index is 0.141. The van der Waals surface area contributed by atoms with Gasteiger partial charge in [-0.2, -0.15) is 5.10 Å². The number of rotatable bonds is 3. The lowest BCUT2D eigenvalue weighted by atomic mass is 10.4. The number of hydrogen-bond donors (Lipinski definition) is 1. The molecule has 1 N–H and O–H groups in total. The summed E-state index contributed by atoms with van der Waals surface area (Å²) in [7, 11) is 0. The summed E-state index contributed by atoms with van der Waals surface area (Å²) < 4.78 is 1.71. The molecule has 13 heavy (non-hydrogen) atoms. The Labute approximate surface area is 79.5 Å². The molecular formula is C8H9N3OS. The SMILES string of the molecule is OCCc1csc(-n2cccn2)n1. The van der Waals surface area contributed by atoms with E-state index >= 15 is 0 Å². The van der Waals surface area contributed by atoms with Crippen LogP contribution in [0.1, 0.15) is 5.69 Å². The first-order valence-corrected chi connectivity index (χ1v) is 4.83. The summed E-state index contributed by atoms with van der Waals surface area (Å²) in [6, 6.07) is 1.85. The number of hydrogen-bond acceptors (Lipinski definition) is 4.